The number of amides is 1. The number of hydrogen-bond acceptors (Lipinski definition) is 4. The standard InChI is InChI=1S/C12H16ClNO3S/c1-8(18-6-5-15)12(16)14-10-7-9(13)3-4-11(10)17-2/h3-4,7-8,15H,5-6H2,1-2H3,(H,14,16)/t8-/m1/s1. The molecule has 0 spiro atoms. The molecule has 0 saturated carbocycles. The normalized spacial score (nSPS) is 12.0. The minimum Gasteiger partial charge on any atom is -0.495 e. The van der Waals surface area contributed by atoms with E-state index in [2.05, 4.69) is 5.32 Å². The maximum Gasteiger partial charge on any atom is 0.237 e. The number of carbonyl (C=O) groups excluding carboxylic acids is 1. The number of aliphatic hydroxyl groups excluding tert-OH is 1. The van der Waals surface area contributed by atoms with Crippen LogP contribution in [0.3, 0.4) is 0 Å². The summed E-state index contributed by atoms with van der Waals surface area (Å²) in [6, 6.07) is 5.03. The first-order valence-electron chi connectivity index (χ1n) is 5.45. The van der Waals surface area contributed by atoms with Crippen molar-refractivity contribution in [2.45, 2.75) is 12.2 Å². The summed E-state index contributed by atoms with van der Waals surface area (Å²) in [4.78, 5) is 11.9. The molecule has 0 aliphatic rings. The summed E-state index contributed by atoms with van der Waals surface area (Å²) < 4.78 is 5.14. The van der Waals surface area contributed by atoms with Gasteiger partial charge in [0.25, 0.3) is 0 Å². The lowest BCUT2D eigenvalue weighted by atomic mass is 10.3. The second-order valence-corrected chi connectivity index (χ2v) is 5.46. The molecule has 0 aliphatic carbocycles. The summed E-state index contributed by atoms with van der Waals surface area (Å²) in [6.45, 7) is 1.84. The van der Waals surface area contributed by atoms with Gasteiger partial charge in [-0.2, -0.15) is 0 Å². The summed E-state index contributed by atoms with van der Waals surface area (Å²) >= 11 is 7.26. The van der Waals surface area contributed by atoms with Gasteiger partial charge in [-0.15, -0.1) is 11.8 Å². The largest absolute Gasteiger partial charge is 0.495 e. The number of benzene rings is 1. The fourth-order valence-corrected chi connectivity index (χ4v) is 2.16. The summed E-state index contributed by atoms with van der Waals surface area (Å²) in [6.07, 6.45) is 0. The molecule has 0 aliphatic heterocycles. The zero-order valence-corrected chi connectivity index (χ0v) is 11.8. The van der Waals surface area contributed by atoms with Crippen LogP contribution in [0.4, 0.5) is 5.69 Å². The quantitative estimate of drug-likeness (QED) is 0.844. The topological polar surface area (TPSA) is 58.6 Å². The Morgan fingerprint density at radius 2 is 2.33 bits per heavy atom. The Bertz CT molecular complexity index is 414. The molecule has 4 nitrogen and oxygen atoms in total. The van der Waals surface area contributed by atoms with Crippen molar-refractivity contribution in [2.75, 3.05) is 24.8 Å². The van der Waals surface area contributed by atoms with E-state index >= 15 is 0 Å². The van der Waals surface area contributed by atoms with Gasteiger partial charge in [0.05, 0.1) is 24.7 Å². The fraction of sp³-hybridized carbons (Fsp3) is 0.417. The summed E-state index contributed by atoms with van der Waals surface area (Å²) in [7, 11) is 1.53. The van der Waals surface area contributed by atoms with Gasteiger partial charge in [0, 0.05) is 10.8 Å². The molecule has 6 heteroatoms. The highest BCUT2D eigenvalue weighted by Gasteiger charge is 2.15. The average molecular weight is 290 g/mol. The van der Waals surface area contributed by atoms with Gasteiger partial charge in [-0.1, -0.05) is 11.6 Å². The first-order valence-corrected chi connectivity index (χ1v) is 6.88. The smallest absolute Gasteiger partial charge is 0.237 e. The van der Waals surface area contributed by atoms with Crippen LogP contribution in [0.25, 0.3) is 0 Å². The van der Waals surface area contributed by atoms with E-state index < -0.39 is 0 Å². The predicted molar refractivity (Wildman–Crippen MR) is 75.6 cm³/mol. The molecule has 1 amide bonds. The second kappa shape index (κ2) is 7.51. The van der Waals surface area contributed by atoms with Crippen molar-refractivity contribution in [3.8, 4) is 5.75 Å². The van der Waals surface area contributed by atoms with Gasteiger partial charge in [-0.25, -0.2) is 0 Å². The van der Waals surface area contributed by atoms with Gasteiger partial charge in [-0.3, -0.25) is 4.79 Å². The second-order valence-electron chi connectivity index (χ2n) is 3.57. The molecule has 0 unspecified atom stereocenters. The molecule has 0 aromatic heterocycles. The van der Waals surface area contributed by atoms with Gasteiger partial charge >= 0.3 is 0 Å². The Labute approximate surface area is 116 Å². The molecule has 0 radical (unpaired) electrons. The van der Waals surface area contributed by atoms with Crippen molar-refractivity contribution in [1.29, 1.82) is 0 Å². The number of methoxy groups -OCH3 is 1. The molecule has 0 bridgehead atoms. The van der Waals surface area contributed by atoms with Crippen LogP contribution in [0.1, 0.15) is 6.92 Å². The number of hydrogen-bond donors (Lipinski definition) is 2. The van der Waals surface area contributed by atoms with Gasteiger partial charge < -0.3 is 15.2 Å². The minimum absolute atomic E-state index is 0.0583. The summed E-state index contributed by atoms with van der Waals surface area (Å²) in [5, 5.41) is 11.8. The van der Waals surface area contributed by atoms with Crippen LogP contribution in [-0.4, -0.2) is 35.7 Å². The highest BCUT2D eigenvalue weighted by atomic mass is 35.5. The molecule has 1 atom stereocenters. The van der Waals surface area contributed by atoms with Crippen LogP contribution >= 0.6 is 23.4 Å². The number of aliphatic hydroxyl groups is 1. The van der Waals surface area contributed by atoms with Crippen LogP contribution in [0.2, 0.25) is 5.02 Å². The minimum atomic E-state index is -0.249. The molecular weight excluding hydrogens is 274 g/mol. The molecule has 0 saturated heterocycles. The van der Waals surface area contributed by atoms with E-state index in [1.54, 1.807) is 25.1 Å². The molecule has 0 fully saturated rings. The van der Waals surface area contributed by atoms with Crippen LogP contribution in [0.5, 0.6) is 5.75 Å². The lowest BCUT2D eigenvalue weighted by molar-refractivity contribution is -0.115. The first-order chi connectivity index (χ1) is 8.58. The van der Waals surface area contributed by atoms with Gasteiger partial charge in [0.2, 0.25) is 5.91 Å². The monoisotopic (exact) mass is 289 g/mol. The van der Waals surface area contributed by atoms with Crippen LogP contribution in [-0.2, 0) is 4.79 Å². The van der Waals surface area contributed by atoms with Crippen molar-refractivity contribution in [3.63, 3.8) is 0 Å². The highest BCUT2D eigenvalue weighted by molar-refractivity contribution is 8.00. The van der Waals surface area contributed by atoms with Crippen molar-refractivity contribution >= 4 is 35.0 Å². The van der Waals surface area contributed by atoms with Crippen molar-refractivity contribution in [2.24, 2.45) is 0 Å². The number of rotatable bonds is 6. The van der Waals surface area contributed by atoms with Crippen molar-refractivity contribution in [3.05, 3.63) is 23.2 Å². The summed E-state index contributed by atoms with van der Waals surface area (Å²) in [5.41, 5.74) is 0.548. The van der Waals surface area contributed by atoms with E-state index in [0.29, 0.717) is 22.2 Å². The molecule has 1 rings (SSSR count). The number of ether oxygens (including phenoxy) is 1. The van der Waals surface area contributed by atoms with Crippen LogP contribution < -0.4 is 10.1 Å². The van der Waals surface area contributed by atoms with Gasteiger partial charge in [0.1, 0.15) is 5.75 Å². The van der Waals surface area contributed by atoms with Crippen LogP contribution in [0, 0.1) is 0 Å². The van der Waals surface area contributed by atoms with E-state index in [4.69, 9.17) is 21.4 Å². The third-order valence-electron chi connectivity index (χ3n) is 2.25. The SMILES string of the molecule is COc1ccc(Cl)cc1NC(=O)[C@@H](C)SCCO. The van der Waals surface area contributed by atoms with Gasteiger partial charge in [-0.05, 0) is 25.1 Å². The lowest BCUT2D eigenvalue weighted by Crippen LogP contribution is -2.23. The van der Waals surface area contributed by atoms with E-state index in [1.165, 1.54) is 18.9 Å². The Kier molecular flexibility index (Phi) is 6.32. The Morgan fingerprint density at radius 3 is 2.94 bits per heavy atom. The highest BCUT2D eigenvalue weighted by Crippen LogP contribution is 2.28. The van der Waals surface area contributed by atoms with E-state index in [9.17, 15) is 4.79 Å². The maximum atomic E-state index is 11.9. The van der Waals surface area contributed by atoms with Gasteiger partial charge in [0.15, 0.2) is 0 Å². The fourth-order valence-electron chi connectivity index (χ4n) is 1.32. The molecule has 2 N–H and O–H groups in total. The van der Waals surface area contributed by atoms with Crippen molar-refractivity contribution < 1.29 is 14.6 Å². The van der Waals surface area contributed by atoms with E-state index in [1.807, 2.05) is 0 Å². The zero-order chi connectivity index (χ0) is 13.5. The van der Waals surface area contributed by atoms with Crippen LogP contribution in [0.15, 0.2) is 18.2 Å². The molecule has 18 heavy (non-hydrogen) atoms. The van der Waals surface area contributed by atoms with Crippen molar-refractivity contribution in [1.82, 2.24) is 0 Å². The molecule has 0 heterocycles. The molecule has 100 valence electrons. The Balaban J connectivity index is 2.71. The molecule has 1 aromatic carbocycles. The maximum absolute atomic E-state index is 11.9. The number of halogens is 1. The number of carbonyl (C=O) groups is 1. The Hall–Kier alpha value is -0.910. The Morgan fingerprint density at radius 1 is 1.61 bits per heavy atom. The van der Waals surface area contributed by atoms with E-state index in [-0.39, 0.29) is 17.8 Å². The number of thioether (sulfide) groups is 1. The summed E-state index contributed by atoms with van der Waals surface area (Å²) in [5.74, 6) is 0.947. The molecule has 1 aromatic rings. The third-order valence-corrected chi connectivity index (χ3v) is 3.62. The van der Waals surface area contributed by atoms with E-state index in [0.717, 1.165) is 0 Å². The zero-order valence-electron chi connectivity index (χ0n) is 10.3. The number of anilines is 1. The predicted octanol–water partition coefficient (Wildman–Crippen LogP) is 2.40. The lowest BCUT2D eigenvalue weighted by Gasteiger charge is -2.14. The first kappa shape index (κ1) is 15.1. The molecular formula is C12H16ClNO3S. The average Bonchev–Trinajstić information content (AvgIpc) is 2.36. The third kappa shape index (κ3) is 4.40. The number of nitrogens with one attached hydrogen (secondary N) is 1.